The van der Waals surface area contributed by atoms with E-state index in [0.717, 1.165) is 11.1 Å². The Kier molecular flexibility index (Phi) is 8.25. The second-order valence-corrected chi connectivity index (χ2v) is 7.02. The van der Waals surface area contributed by atoms with Gasteiger partial charge in [-0.1, -0.05) is 48.5 Å². The predicted molar refractivity (Wildman–Crippen MR) is 127 cm³/mol. The number of carbonyl (C=O) groups is 3. The molecular formula is C26H23N3O4. The maximum atomic E-state index is 12.1. The summed E-state index contributed by atoms with van der Waals surface area (Å²) in [5.74, 6) is -0.877. The van der Waals surface area contributed by atoms with Gasteiger partial charge in [-0.05, 0) is 60.0 Å². The van der Waals surface area contributed by atoms with Gasteiger partial charge in [-0.3, -0.25) is 9.59 Å². The molecule has 2 amide bonds. The number of amides is 2. The zero-order valence-electron chi connectivity index (χ0n) is 18.0. The molecule has 7 nitrogen and oxygen atoms in total. The minimum atomic E-state index is -0.486. The van der Waals surface area contributed by atoms with Crippen LogP contribution in [0.3, 0.4) is 0 Å². The predicted octanol–water partition coefficient (Wildman–Crippen LogP) is 3.49. The molecule has 2 N–H and O–H groups in total. The second-order valence-electron chi connectivity index (χ2n) is 7.02. The molecule has 0 aliphatic carbocycles. The van der Waals surface area contributed by atoms with Crippen LogP contribution < -0.4 is 15.5 Å². The molecule has 0 spiro atoms. The number of hydrazone groups is 1. The van der Waals surface area contributed by atoms with Crippen molar-refractivity contribution in [3.63, 3.8) is 0 Å². The Balaban J connectivity index is 1.42. The molecule has 3 aromatic carbocycles. The van der Waals surface area contributed by atoms with E-state index < -0.39 is 11.9 Å². The summed E-state index contributed by atoms with van der Waals surface area (Å²) >= 11 is 0. The van der Waals surface area contributed by atoms with Crippen molar-refractivity contribution in [1.29, 1.82) is 0 Å². The minimum absolute atomic E-state index is 0.199. The minimum Gasteiger partial charge on any atom is -0.423 e. The zero-order valence-corrected chi connectivity index (χ0v) is 18.0. The van der Waals surface area contributed by atoms with Gasteiger partial charge in [0.2, 0.25) is 0 Å². The van der Waals surface area contributed by atoms with Crippen LogP contribution in [0, 0.1) is 6.92 Å². The van der Waals surface area contributed by atoms with Crippen LogP contribution in [0.15, 0.2) is 90.0 Å². The summed E-state index contributed by atoms with van der Waals surface area (Å²) in [6, 6.07) is 23.2. The lowest BCUT2D eigenvalue weighted by Crippen LogP contribution is -2.35. The molecule has 33 heavy (non-hydrogen) atoms. The molecule has 0 bridgehead atoms. The van der Waals surface area contributed by atoms with Crippen molar-refractivity contribution < 1.29 is 19.1 Å². The van der Waals surface area contributed by atoms with E-state index in [1.165, 1.54) is 12.3 Å². The van der Waals surface area contributed by atoms with Gasteiger partial charge < -0.3 is 10.1 Å². The van der Waals surface area contributed by atoms with Crippen LogP contribution in [0.5, 0.6) is 5.75 Å². The molecule has 0 aliphatic heterocycles. The Bertz CT molecular complexity index is 1170. The molecule has 0 saturated carbocycles. The Morgan fingerprint density at radius 3 is 2.30 bits per heavy atom. The summed E-state index contributed by atoms with van der Waals surface area (Å²) in [4.78, 5) is 35.9. The van der Waals surface area contributed by atoms with Crippen molar-refractivity contribution in [2.45, 2.75) is 6.92 Å². The molecule has 0 heterocycles. The van der Waals surface area contributed by atoms with E-state index in [9.17, 15) is 14.4 Å². The third-order valence-corrected chi connectivity index (χ3v) is 4.51. The molecule has 0 atom stereocenters. The standard InChI is InChI=1S/C26H23N3O4/c1-19-7-5-6-10-23(19)26(32)27-18-24(30)29-28-17-21-11-14-22(15-12-21)33-25(31)16-13-20-8-3-2-4-9-20/h2-17H,18H2,1H3,(H,27,32)(H,29,30). The average Bonchev–Trinajstić information content (AvgIpc) is 2.83. The highest BCUT2D eigenvalue weighted by molar-refractivity contribution is 5.97. The number of hydrogen-bond acceptors (Lipinski definition) is 5. The van der Waals surface area contributed by atoms with Gasteiger partial charge in [0.25, 0.3) is 11.8 Å². The Labute approximate surface area is 191 Å². The number of aryl methyl sites for hydroxylation is 1. The van der Waals surface area contributed by atoms with Gasteiger partial charge in [-0.15, -0.1) is 0 Å². The van der Waals surface area contributed by atoms with Crippen LogP contribution in [-0.2, 0) is 9.59 Å². The Morgan fingerprint density at radius 1 is 0.879 bits per heavy atom. The maximum absolute atomic E-state index is 12.1. The van der Waals surface area contributed by atoms with Crippen LogP contribution in [0.25, 0.3) is 6.08 Å². The van der Waals surface area contributed by atoms with E-state index >= 15 is 0 Å². The van der Waals surface area contributed by atoms with E-state index in [-0.39, 0.29) is 12.5 Å². The molecule has 3 rings (SSSR count). The fourth-order valence-electron chi connectivity index (χ4n) is 2.80. The quantitative estimate of drug-likeness (QED) is 0.184. The molecular weight excluding hydrogens is 418 g/mol. The first-order valence-electron chi connectivity index (χ1n) is 10.2. The largest absolute Gasteiger partial charge is 0.423 e. The highest BCUT2D eigenvalue weighted by Gasteiger charge is 2.09. The van der Waals surface area contributed by atoms with E-state index in [1.807, 2.05) is 49.4 Å². The molecule has 0 fully saturated rings. The number of esters is 1. The summed E-state index contributed by atoms with van der Waals surface area (Å²) in [6.45, 7) is 1.63. The monoisotopic (exact) mass is 441 g/mol. The summed E-state index contributed by atoms with van der Waals surface area (Å²) in [6.07, 6.45) is 4.48. The average molecular weight is 441 g/mol. The van der Waals surface area contributed by atoms with Crippen molar-refractivity contribution >= 4 is 30.1 Å². The summed E-state index contributed by atoms with van der Waals surface area (Å²) in [7, 11) is 0. The first-order chi connectivity index (χ1) is 16.0. The number of nitrogens with one attached hydrogen (secondary N) is 2. The van der Waals surface area contributed by atoms with E-state index in [4.69, 9.17) is 4.74 Å². The third-order valence-electron chi connectivity index (χ3n) is 4.51. The van der Waals surface area contributed by atoms with Crippen molar-refractivity contribution in [3.8, 4) is 5.75 Å². The van der Waals surface area contributed by atoms with Gasteiger partial charge in [0.15, 0.2) is 0 Å². The molecule has 0 aliphatic rings. The van der Waals surface area contributed by atoms with E-state index in [2.05, 4.69) is 15.8 Å². The molecule has 166 valence electrons. The van der Waals surface area contributed by atoms with Crippen LogP contribution in [0.2, 0.25) is 0 Å². The maximum Gasteiger partial charge on any atom is 0.336 e. The van der Waals surface area contributed by atoms with Crippen molar-refractivity contribution in [3.05, 3.63) is 107 Å². The van der Waals surface area contributed by atoms with Gasteiger partial charge in [0.05, 0.1) is 12.8 Å². The zero-order chi connectivity index (χ0) is 23.5. The smallest absolute Gasteiger partial charge is 0.336 e. The number of rotatable bonds is 8. The van der Waals surface area contributed by atoms with Crippen LogP contribution >= 0.6 is 0 Å². The Hall–Kier alpha value is -4.52. The molecule has 0 saturated heterocycles. The van der Waals surface area contributed by atoms with Gasteiger partial charge in [0, 0.05) is 11.6 Å². The Morgan fingerprint density at radius 2 is 1.58 bits per heavy atom. The number of nitrogens with zero attached hydrogens (tertiary/aromatic N) is 1. The molecule has 3 aromatic rings. The number of carbonyl (C=O) groups excluding carboxylic acids is 3. The topological polar surface area (TPSA) is 96.9 Å². The first-order valence-corrected chi connectivity index (χ1v) is 10.2. The van der Waals surface area contributed by atoms with Crippen molar-refractivity contribution in [1.82, 2.24) is 10.7 Å². The van der Waals surface area contributed by atoms with E-state index in [1.54, 1.807) is 42.5 Å². The summed E-state index contributed by atoms with van der Waals surface area (Å²) < 4.78 is 5.25. The van der Waals surface area contributed by atoms with Crippen LogP contribution in [0.1, 0.15) is 27.0 Å². The number of ether oxygens (including phenoxy) is 1. The second kappa shape index (κ2) is 11.8. The highest BCUT2D eigenvalue weighted by Crippen LogP contribution is 2.12. The normalized spacial score (nSPS) is 10.8. The highest BCUT2D eigenvalue weighted by atomic mass is 16.5. The van der Waals surface area contributed by atoms with Gasteiger partial charge in [-0.25, -0.2) is 10.2 Å². The van der Waals surface area contributed by atoms with Gasteiger partial charge >= 0.3 is 5.97 Å². The van der Waals surface area contributed by atoms with Crippen LogP contribution in [-0.4, -0.2) is 30.5 Å². The first kappa shape index (κ1) is 23.1. The molecule has 0 radical (unpaired) electrons. The lowest BCUT2D eigenvalue weighted by Gasteiger charge is -2.06. The number of hydrogen-bond donors (Lipinski definition) is 2. The third kappa shape index (κ3) is 7.59. The van der Waals surface area contributed by atoms with Crippen LogP contribution in [0.4, 0.5) is 0 Å². The lowest BCUT2D eigenvalue weighted by atomic mass is 10.1. The summed E-state index contributed by atoms with van der Waals surface area (Å²) in [5, 5.41) is 6.42. The number of benzene rings is 3. The van der Waals surface area contributed by atoms with Crippen molar-refractivity contribution in [2.75, 3.05) is 6.54 Å². The molecule has 0 unspecified atom stereocenters. The van der Waals surface area contributed by atoms with Gasteiger partial charge in [-0.2, -0.15) is 5.10 Å². The lowest BCUT2D eigenvalue weighted by molar-refractivity contribution is -0.129. The van der Waals surface area contributed by atoms with Crippen molar-refractivity contribution in [2.24, 2.45) is 5.10 Å². The summed E-state index contributed by atoms with van der Waals surface area (Å²) in [5.41, 5.74) is 5.29. The molecule has 7 heteroatoms. The fraction of sp³-hybridized carbons (Fsp3) is 0.0769. The fourth-order valence-corrected chi connectivity index (χ4v) is 2.80. The van der Waals surface area contributed by atoms with E-state index in [0.29, 0.717) is 16.9 Å². The molecule has 0 aromatic heterocycles. The van der Waals surface area contributed by atoms with Gasteiger partial charge in [0.1, 0.15) is 5.75 Å². The SMILES string of the molecule is Cc1ccccc1C(=O)NCC(=O)NN=Cc1ccc(OC(=O)C=Cc2ccccc2)cc1.